The number of methoxy groups -OCH3 is 1. The van der Waals surface area contributed by atoms with Crippen LogP contribution in [-0.2, 0) is 9.53 Å². The van der Waals surface area contributed by atoms with E-state index >= 15 is 0 Å². The molecule has 0 N–H and O–H groups in total. The molecule has 0 amide bonds. The van der Waals surface area contributed by atoms with Gasteiger partial charge in [0, 0.05) is 57.1 Å². The maximum atomic E-state index is 12.5. The average molecular weight is 328 g/mol. The first kappa shape index (κ1) is 16.4. The second-order valence-electron chi connectivity index (χ2n) is 6.62. The summed E-state index contributed by atoms with van der Waals surface area (Å²) >= 11 is 0. The van der Waals surface area contributed by atoms with Crippen molar-refractivity contribution in [3.8, 4) is 5.75 Å². The van der Waals surface area contributed by atoms with Crippen molar-refractivity contribution in [2.24, 2.45) is 5.92 Å². The van der Waals surface area contributed by atoms with Crippen molar-refractivity contribution in [1.29, 1.82) is 0 Å². The number of hydrogen-bond acceptors (Lipinski definition) is 5. The first-order valence-corrected chi connectivity index (χ1v) is 8.05. The number of benzene rings is 1. The van der Waals surface area contributed by atoms with E-state index in [0.717, 1.165) is 22.7 Å². The molecule has 24 heavy (non-hydrogen) atoms. The van der Waals surface area contributed by atoms with Crippen molar-refractivity contribution in [1.82, 2.24) is 4.90 Å². The Balaban J connectivity index is 2.07. The predicted molar refractivity (Wildman–Crippen MR) is 94.3 cm³/mol. The van der Waals surface area contributed by atoms with E-state index in [-0.39, 0.29) is 23.9 Å². The van der Waals surface area contributed by atoms with Crippen LogP contribution in [-0.4, -0.2) is 52.3 Å². The number of rotatable bonds is 3. The molecule has 3 unspecified atom stereocenters. The first-order chi connectivity index (χ1) is 11.4. The van der Waals surface area contributed by atoms with E-state index in [1.54, 1.807) is 0 Å². The SMILES string of the molecule is COC(=O)C1c2ccc(N(C)C)cc2OC2C=C(N(C)C)C=CC21. The number of nitrogens with zero attached hydrogens (tertiary/aromatic N) is 2. The van der Waals surface area contributed by atoms with Gasteiger partial charge in [-0.25, -0.2) is 0 Å². The van der Waals surface area contributed by atoms with Gasteiger partial charge in [-0.05, 0) is 18.2 Å². The van der Waals surface area contributed by atoms with Crippen LogP contribution in [0.3, 0.4) is 0 Å². The number of likely N-dealkylation sites (N-methyl/N-ethyl adjacent to an activating group) is 1. The van der Waals surface area contributed by atoms with Gasteiger partial charge in [0.2, 0.25) is 0 Å². The summed E-state index contributed by atoms with van der Waals surface area (Å²) in [6, 6.07) is 5.97. The fraction of sp³-hybridized carbons (Fsp3) is 0.421. The van der Waals surface area contributed by atoms with Crippen LogP contribution in [0.1, 0.15) is 11.5 Å². The van der Waals surface area contributed by atoms with Gasteiger partial charge < -0.3 is 19.3 Å². The van der Waals surface area contributed by atoms with E-state index in [2.05, 4.69) is 12.2 Å². The van der Waals surface area contributed by atoms with Gasteiger partial charge >= 0.3 is 5.97 Å². The third kappa shape index (κ3) is 2.75. The Morgan fingerprint density at radius 2 is 1.92 bits per heavy atom. The van der Waals surface area contributed by atoms with Crippen LogP contribution in [0.25, 0.3) is 0 Å². The van der Waals surface area contributed by atoms with Crippen LogP contribution < -0.4 is 9.64 Å². The minimum absolute atomic E-state index is 0.0566. The minimum atomic E-state index is -0.351. The highest BCUT2D eigenvalue weighted by Crippen LogP contribution is 2.44. The zero-order valence-corrected chi connectivity index (χ0v) is 14.8. The largest absolute Gasteiger partial charge is 0.485 e. The highest BCUT2D eigenvalue weighted by atomic mass is 16.5. The number of esters is 1. The molecule has 0 fully saturated rings. The van der Waals surface area contributed by atoms with Crippen molar-refractivity contribution >= 4 is 11.7 Å². The van der Waals surface area contributed by atoms with Crippen LogP contribution in [0.15, 0.2) is 42.1 Å². The molecular weight excluding hydrogens is 304 g/mol. The zero-order chi connectivity index (χ0) is 17.4. The zero-order valence-electron chi connectivity index (χ0n) is 14.8. The fourth-order valence-electron chi connectivity index (χ4n) is 3.29. The molecule has 0 aromatic heterocycles. The molecule has 5 heteroatoms. The van der Waals surface area contributed by atoms with E-state index in [9.17, 15) is 4.79 Å². The van der Waals surface area contributed by atoms with Crippen molar-refractivity contribution in [3.05, 3.63) is 47.7 Å². The summed E-state index contributed by atoms with van der Waals surface area (Å²) in [6.07, 6.45) is 6.00. The van der Waals surface area contributed by atoms with Crippen LogP contribution in [0.5, 0.6) is 5.75 Å². The number of anilines is 1. The lowest BCUT2D eigenvalue weighted by Crippen LogP contribution is -2.39. The van der Waals surface area contributed by atoms with Gasteiger partial charge in [-0.2, -0.15) is 0 Å². The second-order valence-corrected chi connectivity index (χ2v) is 6.62. The summed E-state index contributed by atoms with van der Waals surface area (Å²) < 4.78 is 11.3. The van der Waals surface area contributed by atoms with Crippen molar-refractivity contribution in [3.63, 3.8) is 0 Å². The monoisotopic (exact) mass is 328 g/mol. The van der Waals surface area contributed by atoms with Crippen molar-refractivity contribution < 1.29 is 14.3 Å². The minimum Gasteiger partial charge on any atom is -0.485 e. The molecule has 128 valence electrons. The number of carbonyl (C=O) groups is 1. The molecule has 1 aliphatic carbocycles. The lowest BCUT2D eigenvalue weighted by Gasteiger charge is -2.38. The quantitative estimate of drug-likeness (QED) is 0.797. The van der Waals surface area contributed by atoms with Gasteiger partial charge in [-0.1, -0.05) is 12.1 Å². The summed E-state index contributed by atoms with van der Waals surface area (Å²) in [7, 11) is 9.40. The van der Waals surface area contributed by atoms with E-state index in [4.69, 9.17) is 9.47 Å². The Kier molecular flexibility index (Phi) is 4.26. The summed E-state index contributed by atoms with van der Waals surface area (Å²) in [5.41, 5.74) is 3.01. The normalized spacial score (nSPS) is 24.2. The fourth-order valence-corrected chi connectivity index (χ4v) is 3.29. The molecule has 0 radical (unpaired) electrons. The van der Waals surface area contributed by atoms with E-state index < -0.39 is 0 Å². The Morgan fingerprint density at radius 1 is 1.17 bits per heavy atom. The summed E-state index contributed by atoms with van der Waals surface area (Å²) in [5, 5.41) is 0. The van der Waals surface area contributed by atoms with Crippen molar-refractivity contribution in [2.45, 2.75) is 12.0 Å². The van der Waals surface area contributed by atoms with Crippen molar-refractivity contribution in [2.75, 3.05) is 40.2 Å². The van der Waals surface area contributed by atoms with Gasteiger partial charge in [0.1, 0.15) is 11.9 Å². The molecule has 0 spiro atoms. The van der Waals surface area contributed by atoms with Crippen LogP contribution in [0, 0.1) is 5.92 Å². The molecule has 3 atom stereocenters. The standard InChI is InChI=1S/C19H24N2O3/c1-20(2)12-6-8-14-16(10-12)24-17-11-13(21(3)4)7-9-15(17)18(14)19(22)23-5/h6-11,14,16,18H,1-5H3. The van der Waals surface area contributed by atoms with Crippen LogP contribution in [0.2, 0.25) is 0 Å². The molecule has 1 aromatic rings. The smallest absolute Gasteiger partial charge is 0.314 e. The molecule has 1 aliphatic heterocycles. The van der Waals surface area contributed by atoms with Gasteiger partial charge in [0.15, 0.2) is 0 Å². The third-order valence-electron chi connectivity index (χ3n) is 4.67. The van der Waals surface area contributed by atoms with E-state index in [1.807, 2.05) is 62.3 Å². The lowest BCUT2D eigenvalue weighted by atomic mass is 9.77. The highest BCUT2D eigenvalue weighted by Gasteiger charge is 2.42. The van der Waals surface area contributed by atoms with Crippen LogP contribution >= 0.6 is 0 Å². The summed E-state index contributed by atoms with van der Waals surface area (Å²) in [4.78, 5) is 16.5. The Morgan fingerprint density at radius 3 is 2.54 bits per heavy atom. The Labute approximate surface area is 143 Å². The van der Waals surface area contributed by atoms with Gasteiger partial charge in [0.25, 0.3) is 0 Å². The lowest BCUT2D eigenvalue weighted by molar-refractivity contribution is -0.144. The predicted octanol–water partition coefficient (Wildman–Crippen LogP) is 2.40. The maximum Gasteiger partial charge on any atom is 0.314 e. The van der Waals surface area contributed by atoms with E-state index in [1.165, 1.54) is 7.11 Å². The molecule has 0 saturated heterocycles. The number of hydrogen-bond donors (Lipinski definition) is 0. The topological polar surface area (TPSA) is 42.0 Å². The molecule has 0 bridgehead atoms. The summed E-state index contributed by atoms with van der Waals surface area (Å²) in [6.45, 7) is 0. The molecule has 0 saturated carbocycles. The average Bonchev–Trinajstić information content (AvgIpc) is 2.57. The van der Waals surface area contributed by atoms with Crippen LogP contribution in [0.4, 0.5) is 5.69 Å². The third-order valence-corrected chi connectivity index (χ3v) is 4.67. The van der Waals surface area contributed by atoms with E-state index in [0.29, 0.717) is 0 Å². The molecule has 1 aromatic carbocycles. The second kappa shape index (κ2) is 6.23. The summed E-state index contributed by atoms with van der Waals surface area (Å²) in [5.74, 6) is 0.121. The van der Waals surface area contributed by atoms with Gasteiger partial charge in [-0.3, -0.25) is 4.79 Å². The number of carbonyl (C=O) groups excluding carboxylic acids is 1. The van der Waals surface area contributed by atoms with Gasteiger partial charge in [0.05, 0.1) is 13.0 Å². The Bertz CT molecular complexity index is 707. The number of allylic oxidation sites excluding steroid dienone is 1. The molecule has 3 rings (SSSR count). The van der Waals surface area contributed by atoms with Gasteiger partial charge in [-0.15, -0.1) is 0 Å². The molecule has 5 nitrogen and oxygen atoms in total. The number of ether oxygens (including phenoxy) is 2. The first-order valence-electron chi connectivity index (χ1n) is 8.05. The number of fused-ring (bicyclic) bond motifs is 2. The molecular formula is C19H24N2O3. The maximum absolute atomic E-state index is 12.5. The highest BCUT2D eigenvalue weighted by molar-refractivity contribution is 5.81. The molecule has 2 aliphatic rings. The Hall–Kier alpha value is -2.43. The molecule has 1 heterocycles.